The van der Waals surface area contributed by atoms with Crippen LogP contribution in [0.2, 0.25) is 0 Å². The van der Waals surface area contributed by atoms with Crippen molar-refractivity contribution >= 4 is 42.7 Å². The van der Waals surface area contributed by atoms with Crippen molar-refractivity contribution in [3.63, 3.8) is 0 Å². The van der Waals surface area contributed by atoms with Crippen molar-refractivity contribution in [3.05, 3.63) is 36.2 Å². The molecule has 1 aromatic heterocycles. The second-order valence-electron chi connectivity index (χ2n) is 4.06. The van der Waals surface area contributed by atoms with E-state index in [0.29, 0.717) is 16.7 Å². The summed E-state index contributed by atoms with van der Waals surface area (Å²) < 4.78 is 62.2. The summed E-state index contributed by atoms with van der Waals surface area (Å²) in [5.74, 6) is -1.58. The van der Waals surface area contributed by atoms with Crippen LogP contribution >= 0.6 is 11.3 Å². The summed E-state index contributed by atoms with van der Waals surface area (Å²) in [7, 11) is -5.90. The van der Waals surface area contributed by atoms with Crippen molar-refractivity contribution in [3.8, 4) is 0 Å². The van der Waals surface area contributed by atoms with Crippen LogP contribution in [-0.4, -0.2) is 24.8 Å². The maximum atomic E-state index is 12.1. The highest BCUT2D eigenvalue weighted by Crippen LogP contribution is 2.26. The predicted octanol–water partition coefficient (Wildman–Crippen LogP) is 2.35. The molecular weight excluding hydrogens is 357 g/mol. The Labute approximate surface area is 132 Å². The normalized spacial score (nSPS) is 13.1. The summed E-state index contributed by atoms with van der Waals surface area (Å²) in [6.07, 6.45) is 0.593. The molecule has 0 saturated heterocycles. The van der Waals surface area contributed by atoms with E-state index in [0.717, 1.165) is 4.70 Å². The maximum absolute atomic E-state index is 12.1. The van der Waals surface area contributed by atoms with Crippen molar-refractivity contribution in [2.75, 3.05) is 5.32 Å². The summed E-state index contributed by atoms with van der Waals surface area (Å²) in [5, 5.41) is 9.97. The molecule has 0 atom stereocenters. The van der Waals surface area contributed by atoms with Gasteiger partial charge in [0.1, 0.15) is 5.82 Å². The lowest BCUT2D eigenvalue weighted by Gasteiger charge is -2.08. The van der Waals surface area contributed by atoms with E-state index >= 15 is 0 Å². The molecule has 0 fully saturated rings. The number of halogens is 3. The zero-order chi connectivity index (χ0) is 17.3. The second-order valence-corrected chi connectivity index (χ2v) is 6.63. The Morgan fingerprint density at radius 1 is 1.39 bits per heavy atom. The van der Waals surface area contributed by atoms with Gasteiger partial charge in [0.25, 0.3) is 0 Å². The number of para-hydroxylation sites is 1. The van der Waals surface area contributed by atoms with E-state index < -0.39 is 21.5 Å². The summed E-state index contributed by atoms with van der Waals surface area (Å²) >= 11 is 1.22. The first-order chi connectivity index (χ1) is 10.6. The van der Waals surface area contributed by atoms with Gasteiger partial charge in [0, 0.05) is 6.08 Å². The van der Waals surface area contributed by atoms with Crippen LogP contribution < -0.4 is 11.1 Å². The molecule has 0 radical (unpaired) electrons. The molecule has 0 bridgehead atoms. The van der Waals surface area contributed by atoms with Crippen molar-refractivity contribution in [2.24, 2.45) is 5.73 Å². The highest BCUT2D eigenvalue weighted by molar-refractivity contribution is 7.88. The molecule has 2 aromatic rings. The second kappa shape index (κ2) is 6.04. The number of aromatic nitrogens is 1. The average Bonchev–Trinajstić information content (AvgIpc) is 2.77. The molecular formula is C11H9F3N4O3S2. The van der Waals surface area contributed by atoms with Crippen LogP contribution in [0.4, 0.5) is 18.3 Å². The van der Waals surface area contributed by atoms with Gasteiger partial charge >= 0.3 is 15.6 Å². The molecule has 0 amide bonds. The van der Waals surface area contributed by atoms with E-state index in [4.69, 9.17) is 11.1 Å². The summed E-state index contributed by atoms with van der Waals surface area (Å²) in [4.78, 5) is 4.15. The minimum absolute atomic E-state index is 0.300. The van der Waals surface area contributed by atoms with E-state index in [1.54, 1.807) is 24.3 Å². The number of fused-ring (bicyclic) bond motifs is 1. The van der Waals surface area contributed by atoms with Gasteiger partial charge in [-0.15, -0.1) is 0 Å². The third-order valence-corrected chi connectivity index (χ3v) is 4.23. The Bertz CT molecular complexity index is 841. The monoisotopic (exact) mass is 366 g/mol. The molecule has 2 rings (SSSR count). The van der Waals surface area contributed by atoms with Gasteiger partial charge in [-0.25, -0.2) is 4.98 Å². The largest absolute Gasteiger partial charge is 0.534 e. The van der Waals surface area contributed by atoms with E-state index in [1.165, 1.54) is 11.3 Å². The molecule has 0 aliphatic heterocycles. The highest BCUT2D eigenvalue weighted by Gasteiger charge is 2.48. The number of nitrogens with two attached hydrogens (primary N) is 1. The van der Waals surface area contributed by atoms with Gasteiger partial charge in [-0.05, 0) is 12.1 Å². The third kappa shape index (κ3) is 4.10. The van der Waals surface area contributed by atoms with Crippen LogP contribution in [0, 0.1) is 5.41 Å². The maximum Gasteiger partial charge on any atom is 0.534 e. The van der Waals surface area contributed by atoms with Gasteiger partial charge in [0.05, 0.1) is 10.2 Å². The van der Waals surface area contributed by atoms with Gasteiger partial charge in [-0.3, -0.25) is 5.41 Å². The number of benzene rings is 1. The molecule has 1 aromatic carbocycles. The van der Waals surface area contributed by atoms with Gasteiger partial charge in [-0.2, -0.15) is 21.6 Å². The molecule has 124 valence electrons. The number of hydrogen-bond acceptors (Lipinski definition) is 8. The number of nitrogens with zero attached hydrogens (tertiary/aromatic N) is 1. The molecule has 0 aliphatic carbocycles. The molecule has 12 heteroatoms. The number of rotatable bonds is 4. The lowest BCUT2D eigenvalue weighted by atomic mass is 10.3. The fraction of sp³-hybridized carbons (Fsp3) is 0.0909. The van der Waals surface area contributed by atoms with E-state index in [2.05, 4.69) is 14.5 Å². The Balaban J connectivity index is 2.09. The van der Waals surface area contributed by atoms with Gasteiger partial charge in [0.2, 0.25) is 5.90 Å². The van der Waals surface area contributed by atoms with Crippen molar-refractivity contribution in [1.82, 2.24) is 4.98 Å². The Kier molecular flexibility index (Phi) is 4.47. The zero-order valence-electron chi connectivity index (χ0n) is 11.1. The number of nitrogens with one attached hydrogen (secondary N) is 2. The van der Waals surface area contributed by atoms with Crippen LogP contribution in [0.25, 0.3) is 10.2 Å². The van der Waals surface area contributed by atoms with Crippen LogP contribution in [0.1, 0.15) is 0 Å². The van der Waals surface area contributed by atoms with Crippen LogP contribution in [0.3, 0.4) is 0 Å². The lowest BCUT2D eigenvalue weighted by molar-refractivity contribution is -0.0504. The molecule has 0 saturated carbocycles. The van der Waals surface area contributed by atoms with Gasteiger partial charge in [-0.1, -0.05) is 23.5 Å². The quantitative estimate of drug-likeness (QED) is 0.331. The fourth-order valence-electron chi connectivity index (χ4n) is 1.42. The standard InChI is InChI=1S/C11H9F3N4O3S2/c12-11(13,14)23(19,20)21-9(16)5-8(15)18-10-17-6-3-1-2-4-7(6)22-10/h1-5,16H,15H2,(H,17,18)/b8-5-,16-9?. The topological polar surface area (TPSA) is 118 Å². The predicted molar refractivity (Wildman–Crippen MR) is 79.3 cm³/mol. The highest BCUT2D eigenvalue weighted by atomic mass is 32.2. The Morgan fingerprint density at radius 3 is 2.65 bits per heavy atom. The molecule has 23 heavy (non-hydrogen) atoms. The summed E-state index contributed by atoms with van der Waals surface area (Å²) in [6, 6.07) is 7.13. The average molecular weight is 366 g/mol. The van der Waals surface area contributed by atoms with E-state index in [9.17, 15) is 21.6 Å². The Hall–Kier alpha value is -2.34. The molecule has 7 nitrogen and oxygen atoms in total. The van der Waals surface area contributed by atoms with Crippen molar-refractivity contribution in [1.29, 1.82) is 5.41 Å². The van der Waals surface area contributed by atoms with Crippen molar-refractivity contribution < 1.29 is 25.8 Å². The molecule has 0 aliphatic rings. The minimum atomic E-state index is -5.90. The van der Waals surface area contributed by atoms with Gasteiger partial charge in [0.15, 0.2) is 5.13 Å². The number of thiazole rings is 1. The third-order valence-electron chi connectivity index (χ3n) is 2.31. The van der Waals surface area contributed by atoms with Crippen molar-refractivity contribution in [2.45, 2.75) is 5.51 Å². The number of alkyl halides is 3. The number of hydrogen-bond donors (Lipinski definition) is 3. The first-order valence-corrected chi connectivity index (χ1v) is 8.00. The lowest BCUT2D eigenvalue weighted by Crippen LogP contribution is -2.27. The molecule has 1 heterocycles. The minimum Gasteiger partial charge on any atom is -0.385 e. The fourth-order valence-corrected chi connectivity index (χ4v) is 2.68. The van der Waals surface area contributed by atoms with Crippen LogP contribution in [-0.2, 0) is 14.3 Å². The van der Waals surface area contributed by atoms with Crippen LogP contribution in [0.15, 0.2) is 36.2 Å². The Morgan fingerprint density at radius 2 is 2.04 bits per heavy atom. The molecule has 0 unspecified atom stereocenters. The number of anilines is 1. The van der Waals surface area contributed by atoms with E-state index in [-0.39, 0.29) is 5.82 Å². The smallest absolute Gasteiger partial charge is 0.385 e. The van der Waals surface area contributed by atoms with E-state index in [1.807, 2.05) is 0 Å². The molecule has 0 spiro atoms. The first-order valence-electron chi connectivity index (χ1n) is 5.77. The molecule has 4 N–H and O–H groups in total. The zero-order valence-corrected chi connectivity index (χ0v) is 12.7. The summed E-state index contributed by atoms with van der Waals surface area (Å²) in [6.45, 7) is 0. The SMILES string of the molecule is N=C(/C=C(/N)Nc1nc2ccccc2s1)OS(=O)(=O)C(F)(F)F. The summed E-state index contributed by atoms with van der Waals surface area (Å²) in [5.41, 5.74) is 0.533. The first kappa shape index (κ1) is 17.0. The van der Waals surface area contributed by atoms with Gasteiger partial charge < -0.3 is 15.2 Å². The van der Waals surface area contributed by atoms with Crippen LogP contribution in [0.5, 0.6) is 0 Å².